The number of hydrogen-bond donors (Lipinski definition) is 1. The third kappa shape index (κ3) is 3.54. The van der Waals surface area contributed by atoms with Crippen LogP contribution in [0.15, 0.2) is 28.9 Å². The lowest BCUT2D eigenvalue weighted by atomic mass is 10.2. The number of aliphatic hydroxyl groups excluding tert-OH is 1. The van der Waals surface area contributed by atoms with Crippen molar-refractivity contribution in [3.05, 3.63) is 40.1 Å². The van der Waals surface area contributed by atoms with Crippen LogP contribution in [0.25, 0.3) is 0 Å². The summed E-state index contributed by atoms with van der Waals surface area (Å²) in [4.78, 5) is 0. The van der Waals surface area contributed by atoms with Crippen molar-refractivity contribution in [2.24, 2.45) is 7.05 Å². The van der Waals surface area contributed by atoms with Crippen LogP contribution in [0, 0.1) is 6.92 Å². The molecule has 0 bridgehead atoms. The van der Waals surface area contributed by atoms with E-state index in [0.29, 0.717) is 23.3 Å². The summed E-state index contributed by atoms with van der Waals surface area (Å²) in [5, 5.41) is 17.8. The molecule has 0 aliphatic heterocycles. The third-order valence-corrected chi connectivity index (χ3v) is 3.36. The molecule has 102 valence electrons. The summed E-state index contributed by atoms with van der Waals surface area (Å²) in [6, 6.07) is 7.83. The van der Waals surface area contributed by atoms with E-state index in [1.54, 1.807) is 11.7 Å². The summed E-state index contributed by atoms with van der Waals surface area (Å²) in [7, 11) is 1.75. The summed E-state index contributed by atoms with van der Waals surface area (Å²) in [5.41, 5.74) is 1.81. The highest BCUT2D eigenvalue weighted by Crippen LogP contribution is 2.23. The fraction of sp³-hybridized carbons (Fsp3) is 0.385. The summed E-state index contributed by atoms with van der Waals surface area (Å²) in [6.07, 6.45) is -0.174. The lowest BCUT2D eigenvalue weighted by Gasteiger charge is -2.12. The molecule has 2 aromatic rings. The molecule has 0 saturated carbocycles. The number of halogens is 1. The zero-order chi connectivity index (χ0) is 13.8. The summed E-state index contributed by atoms with van der Waals surface area (Å²) in [5.74, 6) is 0.814. The topological polar surface area (TPSA) is 60.2 Å². The van der Waals surface area contributed by atoms with Gasteiger partial charge in [-0.2, -0.15) is 0 Å². The van der Waals surface area contributed by atoms with E-state index in [9.17, 15) is 5.11 Å². The zero-order valence-corrected chi connectivity index (χ0v) is 12.5. The molecule has 1 aromatic carbocycles. The van der Waals surface area contributed by atoms with E-state index < -0.39 is 6.10 Å². The van der Waals surface area contributed by atoms with Gasteiger partial charge >= 0.3 is 0 Å². The Morgan fingerprint density at radius 2 is 2.26 bits per heavy atom. The minimum atomic E-state index is -0.654. The van der Waals surface area contributed by atoms with Gasteiger partial charge in [-0.05, 0) is 40.5 Å². The quantitative estimate of drug-likeness (QED) is 0.916. The molecule has 1 aromatic heterocycles. The molecule has 1 heterocycles. The fourth-order valence-electron chi connectivity index (χ4n) is 1.82. The highest BCUT2D eigenvalue weighted by molar-refractivity contribution is 9.10. The van der Waals surface area contributed by atoms with Gasteiger partial charge in [0.1, 0.15) is 17.5 Å². The number of aryl methyl sites for hydroxylation is 2. The fourth-order valence-corrected chi connectivity index (χ4v) is 2.41. The van der Waals surface area contributed by atoms with Crippen molar-refractivity contribution in [1.29, 1.82) is 0 Å². The second kappa shape index (κ2) is 6.16. The van der Waals surface area contributed by atoms with Crippen LogP contribution in [0.4, 0.5) is 0 Å². The number of hydrogen-bond acceptors (Lipinski definition) is 4. The molecule has 0 saturated heterocycles. The molecule has 2 rings (SSSR count). The van der Waals surface area contributed by atoms with E-state index in [-0.39, 0.29) is 0 Å². The number of aromatic nitrogens is 3. The molecule has 6 heteroatoms. The minimum Gasteiger partial charge on any atom is -0.493 e. The van der Waals surface area contributed by atoms with Crippen molar-refractivity contribution < 1.29 is 9.84 Å². The van der Waals surface area contributed by atoms with Gasteiger partial charge in [0.05, 0.1) is 6.61 Å². The molecule has 0 radical (unpaired) electrons. The third-order valence-electron chi connectivity index (χ3n) is 2.79. The highest BCUT2D eigenvalue weighted by Gasteiger charge is 2.17. The van der Waals surface area contributed by atoms with Crippen molar-refractivity contribution in [1.82, 2.24) is 15.0 Å². The van der Waals surface area contributed by atoms with E-state index in [0.717, 1.165) is 11.3 Å². The zero-order valence-electron chi connectivity index (χ0n) is 10.9. The Bertz CT molecular complexity index is 537. The van der Waals surface area contributed by atoms with Gasteiger partial charge in [-0.15, -0.1) is 5.10 Å². The lowest BCUT2D eigenvalue weighted by Crippen LogP contribution is -2.10. The Morgan fingerprint density at radius 1 is 1.47 bits per heavy atom. The number of benzene rings is 1. The Balaban J connectivity index is 1.89. The van der Waals surface area contributed by atoms with Crippen LogP contribution >= 0.6 is 15.9 Å². The predicted octanol–water partition coefficient (Wildman–Crippen LogP) is 2.39. The SMILES string of the molecule is Cc1cccc(OCCC(O)c2c(Br)nnn2C)c1. The lowest BCUT2D eigenvalue weighted by molar-refractivity contribution is 0.132. The Labute approximate surface area is 120 Å². The minimum absolute atomic E-state index is 0.433. The van der Waals surface area contributed by atoms with Crippen LogP contribution in [0.5, 0.6) is 5.75 Å². The average molecular weight is 326 g/mol. The molecule has 5 nitrogen and oxygen atoms in total. The van der Waals surface area contributed by atoms with E-state index in [2.05, 4.69) is 26.2 Å². The smallest absolute Gasteiger partial charge is 0.154 e. The first-order valence-electron chi connectivity index (χ1n) is 6.00. The van der Waals surface area contributed by atoms with Crippen LogP contribution in [-0.2, 0) is 7.05 Å². The maximum Gasteiger partial charge on any atom is 0.154 e. The first kappa shape index (κ1) is 14.0. The number of ether oxygens (including phenoxy) is 1. The standard InChI is InChI=1S/C13H16BrN3O2/c1-9-4-3-5-10(8-9)19-7-6-11(18)12-13(14)15-16-17(12)2/h3-5,8,11,18H,6-7H2,1-2H3. The van der Waals surface area contributed by atoms with Crippen molar-refractivity contribution in [2.45, 2.75) is 19.4 Å². The largest absolute Gasteiger partial charge is 0.493 e. The molecular formula is C13H16BrN3O2. The first-order valence-corrected chi connectivity index (χ1v) is 6.80. The van der Waals surface area contributed by atoms with Gasteiger partial charge in [0.2, 0.25) is 0 Å². The number of nitrogens with zero attached hydrogens (tertiary/aromatic N) is 3. The highest BCUT2D eigenvalue weighted by atomic mass is 79.9. The van der Waals surface area contributed by atoms with Crippen molar-refractivity contribution >= 4 is 15.9 Å². The second-order valence-electron chi connectivity index (χ2n) is 4.36. The molecule has 1 unspecified atom stereocenters. The van der Waals surface area contributed by atoms with Gasteiger partial charge in [0, 0.05) is 13.5 Å². The van der Waals surface area contributed by atoms with Crippen LogP contribution in [0.1, 0.15) is 23.8 Å². The Hall–Kier alpha value is -1.40. The molecule has 0 aliphatic carbocycles. The van der Waals surface area contributed by atoms with Gasteiger partial charge in [-0.3, -0.25) is 0 Å². The monoisotopic (exact) mass is 325 g/mol. The van der Waals surface area contributed by atoms with Crippen molar-refractivity contribution in [3.63, 3.8) is 0 Å². The maximum atomic E-state index is 10.1. The van der Waals surface area contributed by atoms with Gasteiger partial charge in [0.25, 0.3) is 0 Å². The molecule has 1 N–H and O–H groups in total. The summed E-state index contributed by atoms with van der Waals surface area (Å²) in [6.45, 7) is 2.45. The van der Waals surface area contributed by atoms with Gasteiger partial charge in [-0.25, -0.2) is 4.68 Å². The number of aliphatic hydroxyl groups is 1. The molecule has 0 aliphatic rings. The Kier molecular flexibility index (Phi) is 4.55. The van der Waals surface area contributed by atoms with Crippen molar-refractivity contribution in [2.75, 3.05) is 6.61 Å². The normalized spacial score (nSPS) is 12.4. The average Bonchev–Trinajstić information content (AvgIpc) is 2.69. The summed E-state index contributed by atoms with van der Waals surface area (Å²) >= 11 is 3.27. The molecule has 19 heavy (non-hydrogen) atoms. The van der Waals surface area contributed by atoms with Crippen molar-refractivity contribution in [3.8, 4) is 5.75 Å². The molecular weight excluding hydrogens is 310 g/mol. The van der Waals surface area contributed by atoms with Crippen LogP contribution in [0.2, 0.25) is 0 Å². The van der Waals surface area contributed by atoms with Gasteiger partial charge in [-0.1, -0.05) is 17.3 Å². The summed E-state index contributed by atoms with van der Waals surface area (Å²) < 4.78 is 7.73. The van der Waals surface area contributed by atoms with Crippen LogP contribution in [0.3, 0.4) is 0 Å². The van der Waals surface area contributed by atoms with E-state index >= 15 is 0 Å². The van der Waals surface area contributed by atoms with E-state index in [1.165, 1.54) is 0 Å². The molecule has 1 atom stereocenters. The second-order valence-corrected chi connectivity index (χ2v) is 5.11. The maximum absolute atomic E-state index is 10.1. The molecule has 0 fully saturated rings. The van der Waals surface area contributed by atoms with E-state index in [1.807, 2.05) is 31.2 Å². The Morgan fingerprint density at radius 3 is 2.89 bits per heavy atom. The van der Waals surface area contributed by atoms with Gasteiger partial charge < -0.3 is 9.84 Å². The van der Waals surface area contributed by atoms with Gasteiger partial charge in [0.15, 0.2) is 4.60 Å². The number of rotatable bonds is 5. The predicted molar refractivity (Wildman–Crippen MR) is 75.0 cm³/mol. The molecule has 0 amide bonds. The molecule has 0 spiro atoms. The van der Waals surface area contributed by atoms with Crippen LogP contribution < -0.4 is 4.74 Å². The van der Waals surface area contributed by atoms with E-state index in [4.69, 9.17) is 4.74 Å². The van der Waals surface area contributed by atoms with Crippen LogP contribution in [-0.4, -0.2) is 26.7 Å². The first-order chi connectivity index (χ1) is 9.08.